The van der Waals surface area contributed by atoms with Gasteiger partial charge in [0.25, 0.3) is 5.91 Å². The maximum absolute atomic E-state index is 12.6. The summed E-state index contributed by atoms with van der Waals surface area (Å²) in [7, 11) is -3.35. The number of benzene rings is 2. The third kappa shape index (κ3) is 5.09. The number of carbonyl (C=O) groups excluding carboxylic acids is 1. The van der Waals surface area contributed by atoms with Crippen LogP contribution in [0.3, 0.4) is 0 Å². The number of nitrogens with zero attached hydrogens (tertiary/aromatic N) is 1. The predicted molar refractivity (Wildman–Crippen MR) is 107 cm³/mol. The molecule has 1 aliphatic heterocycles. The van der Waals surface area contributed by atoms with Crippen molar-refractivity contribution in [3.8, 4) is 0 Å². The molecular weight excluding hydrogens is 384 g/mol. The molecule has 0 radical (unpaired) electrons. The Hall–Kier alpha value is -1.89. The lowest BCUT2D eigenvalue weighted by atomic mass is 10.1. The lowest BCUT2D eigenvalue weighted by Crippen LogP contribution is -2.36. The molecule has 1 atom stereocenters. The monoisotopic (exact) mass is 406 g/mol. The highest BCUT2D eigenvalue weighted by atomic mass is 35.5. The molecule has 1 unspecified atom stereocenters. The van der Waals surface area contributed by atoms with Crippen LogP contribution in [0.15, 0.2) is 53.4 Å². The fourth-order valence-electron chi connectivity index (χ4n) is 3.38. The third-order valence-corrected chi connectivity index (χ3v) is 6.14. The van der Waals surface area contributed by atoms with Gasteiger partial charge in [-0.05, 0) is 61.8 Å². The van der Waals surface area contributed by atoms with Gasteiger partial charge in [0.2, 0.25) is 0 Å². The van der Waals surface area contributed by atoms with Gasteiger partial charge in [0.05, 0.1) is 10.9 Å². The van der Waals surface area contributed by atoms with Crippen LogP contribution in [0.4, 0.5) is 0 Å². The molecule has 1 N–H and O–H groups in total. The minimum atomic E-state index is -3.35. The molecule has 27 heavy (non-hydrogen) atoms. The first kappa shape index (κ1) is 19.9. The van der Waals surface area contributed by atoms with Crippen molar-refractivity contribution in [2.45, 2.75) is 23.8 Å². The molecule has 1 fully saturated rings. The summed E-state index contributed by atoms with van der Waals surface area (Å²) in [6.45, 7) is 2.40. The van der Waals surface area contributed by atoms with E-state index in [1.807, 2.05) is 24.3 Å². The van der Waals surface area contributed by atoms with E-state index in [2.05, 4.69) is 10.2 Å². The quantitative estimate of drug-likeness (QED) is 0.799. The molecule has 1 aliphatic rings. The second kappa shape index (κ2) is 8.42. The van der Waals surface area contributed by atoms with Crippen LogP contribution >= 0.6 is 11.6 Å². The molecule has 7 heteroatoms. The zero-order chi connectivity index (χ0) is 19.4. The van der Waals surface area contributed by atoms with E-state index in [0.29, 0.717) is 17.1 Å². The van der Waals surface area contributed by atoms with Crippen molar-refractivity contribution in [2.75, 3.05) is 25.9 Å². The van der Waals surface area contributed by atoms with Gasteiger partial charge in [-0.2, -0.15) is 0 Å². The van der Waals surface area contributed by atoms with E-state index in [0.717, 1.165) is 37.8 Å². The molecule has 0 saturated carbocycles. The normalized spacial score (nSPS) is 16.2. The minimum Gasteiger partial charge on any atom is -0.350 e. The van der Waals surface area contributed by atoms with Crippen molar-refractivity contribution in [3.05, 3.63) is 64.7 Å². The number of amides is 1. The Morgan fingerprint density at radius 3 is 2.52 bits per heavy atom. The fraction of sp³-hybridized carbons (Fsp3) is 0.350. The molecule has 5 nitrogen and oxygen atoms in total. The summed E-state index contributed by atoms with van der Waals surface area (Å²) >= 11 is 6.15. The maximum Gasteiger partial charge on any atom is 0.251 e. The van der Waals surface area contributed by atoms with Gasteiger partial charge in [0.1, 0.15) is 0 Å². The summed E-state index contributed by atoms with van der Waals surface area (Å²) in [4.78, 5) is 15.1. The summed E-state index contributed by atoms with van der Waals surface area (Å²) in [5.41, 5.74) is 1.40. The number of halogens is 1. The first-order valence-corrected chi connectivity index (χ1v) is 11.2. The van der Waals surface area contributed by atoms with Crippen molar-refractivity contribution in [3.63, 3.8) is 0 Å². The summed E-state index contributed by atoms with van der Waals surface area (Å²) in [5, 5.41) is 3.62. The van der Waals surface area contributed by atoms with Crippen molar-refractivity contribution < 1.29 is 13.2 Å². The summed E-state index contributed by atoms with van der Waals surface area (Å²) in [6.07, 6.45) is 3.41. The van der Waals surface area contributed by atoms with Gasteiger partial charge in [-0.25, -0.2) is 8.42 Å². The Labute approximate surface area is 165 Å². The maximum atomic E-state index is 12.6. The van der Waals surface area contributed by atoms with E-state index >= 15 is 0 Å². The van der Waals surface area contributed by atoms with Crippen LogP contribution in [0.5, 0.6) is 0 Å². The zero-order valence-corrected chi connectivity index (χ0v) is 16.8. The number of likely N-dealkylation sites (tertiary alicyclic amines) is 1. The largest absolute Gasteiger partial charge is 0.350 e. The Balaban J connectivity index is 1.76. The first-order valence-electron chi connectivity index (χ1n) is 8.92. The van der Waals surface area contributed by atoms with E-state index in [-0.39, 0.29) is 16.8 Å². The van der Waals surface area contributed by atoms with Crippen LogP contribution in [0.2, 0.25) is 5.02 Å². The Morgan fingerprint density at radius 1 is 1.15 bits per heavy atom. The van der Waals surface area contributed by atoms with Gasteiger partial charge in [0.15, 0.2) is 9.84 Å². The molecule has 0 bridgehead atoms. The topological polar surface area (TPSA) is 66.5 Å². The summed E-state index contributed by atoms with van der Waals surface area (Å²) in [6, 6.07) is 13.8. The zero-order valence-electron chi connectivity index (χ0n) is 15.2. The van der Waals surface area contributed by atoms with Crippen molar-refractivity contribution in [1.82, 2.24) is 10.2 Å². The predicted octanol–water partition coefficient (Wildman–Crippen LogP) is 3.31. The van der Waals surface area contributed by atoms with E-state index in [1.54, 1.807) is 12.1 Å². The molecule has 1 saturated heterocycles. The molecule has 0 spiro atoms. The van der Waals surface area contributed by atoms with Crippen LogP contribution in [0, 0.1) is 0 Å². The molecule has 0 aliphatic carbocycles. The SMILES string of the molecule is CS(=O)(=O)c1cccc(C(=O)NCC(c2cccc(Cl)c2)N2CCCC2)c1. The van der Waals surface area contributed by atoms with Gasteiger partial charge in [-0.1, -0.05) is 29.8 Å². The van der Waals surface area contributed by atoms with Gasteiger partial charge in [-0.3, -0.25) is 9.69 Å². The third-order valence-electron chi connectivity index (χ3n) is 4.80. The molecular formula is C20H23ClN2O3S. The fourth-order valence-corrected chi connectivity index (χ4v) is 4.25. The number of nitrogens with one attached hydrogen (secondary N) is 1. The lowest BCUT2D eigenvalue weighted by molar-refractivity contribution is 0.0937. The van der Waals surface area contributed by atoms with Crippen molar-refractivity contribution >= 4 is 27.3 Å². The van der Waals surface area contributed by atoms with Gasteiger partial charge in [0, 0.05) is 23.4 Å². The summed E-state index contributed by atoms with van der Waals surface area (Å²) in [5.74, 6) is -0.285. The number of sulfone groups is 1. The van der Waals surface area contributed by atoms with Crippen molar-refractivity contribution in [2.24, 2.45) is 0 Å². The van der Waals surface area contributed by atoms with Crippen LogP contribution in [0.25, 0.3) is 0 Å². The minimum absolute atomic E-state index is 0.0354. The second-order valence-corrected chi connectivity index (χ2v) is 9.28. The molecule has 1 amide bonds. The van der Waals surface area contributed by atoms with E-state index < -0.39 is 9.84 Å². The van der Waals surface area contributed by atoms with Gasteiger partial charge >= 0.3 is 0 Å². The molecule has 2 aromatic rings. The number of rotatable bonds is 6. The summed E-state index contributed by atoms with van der Waals surface area (Å²) < 4.78 is 23.4. The molecule has 3 rings (SSSR count). The Bertz CT molecular complexity index is 924. The van der Waals surface area contributed by atoms with E-state index in [9.17, 15) is 13.2 Å². The number of carbonyl (C=O) groups is 1. The number of hydrogen-bond acceptors (Lipinski definition) is 4. The smallest absolute Gasteiger partial charge is 0.251 e. The van der Waals surface area contributed by atoms with Crippen LogP contribution in [-0.2, 0) is 9.84 Å². The average Bonchev–Trinajstić information content (AvgIpc) is 3.15. The van der Waals surface area contributed by atoms with E-state index in [1.165, 1.54) is 12.1 Å². The average molecular weight is 407 g/mol. The van der Waals surface area contributed by atoms with Crippen LogP contribution < -0.4 is 5.32 Å². The molecule has 0 aromatic heterocycles. The molecule has 2 aromatic carbocycles. The lowest BCUT2D eigenvalue weighted by Gasteiger charge is -2.28. The van der Waals surface area contributed by atoms with Gasteiger partial charge in [-0.15, -0.1) is 0 Å². The van der Waals surface area contributed by atoms with Crippen LogP contribution in [-0.4, -0.2) is 45.1 Å². The number of hydrogen-bond donors (Lipinski definition) is 1. The highest BCUT2D eigenvalue weighted by Gasteiger charge is 2.24. The van der Waals surface area contributed by atoms with E-state index in [4.69, 9.17) is 11.6 Å². The van der Waals surface area contributed by atoms with Crippen LogP contribution in [0.1, 0.15) is 34.8 Å². The highest BCUT2D eigenvalue weighted by Crippen LogP contribution is 2.26. The second-order valence-electron chi connectivity index (χ2n) is 6.82. The standard InChI is InChI=1S/C20H23ClN2O3S/c1-27(25,26)18-9-5-7-16(13-18)20(24)22-14-19(23-10-2-3-11-23)15-6-4-8-17(21)12-15/h4-9,12-13,19H,2-3,10-11,14H2,1H3,(H,22,24). The Morgan fingerprint density at radius 2 is 1.85 bits per heavy atom. The van der Waals surface area contributed by atoms with Gasteiger partial charge < -0.3 is 5.32 Å². The molecule has 144 valence electrons. The molecule has 1 heterocycles. The van der Waals surface area contributed by atoms with Crippen molar-refractivity contribution in [1.29, 1.82) is 0 Å². The Kier molecular flexibility index (Phi) is 6.19. The first-order chi connectivity index (χ1) is 12.8. The highest BCUT2D eigenvalue weighted by molar-refractivity contribution is 7.90.